The molecule has 2 aliphatic rings. The van der Waals surface area contributed by atoms with Crippen LogP contribution in [0.15, 0.2) is 187 Å². The lowest BCUT2D eigenvalue weighted by Crippen LogP contribution is -2.39. The summed E-state index contributed by atoms with van der Waals surface area (Å²) in [6.07, 6.45) is 14.7. The molecule has 4 aromatic carbocycles. The zero-order valence-electron chi connectivity index (χ0n) is 33.3. The van der Waals surface area contributed by atoms with Crippen molar-refractivity contribution in [3.63, 3.8) is 0 Å². The summed E-state index contributed by atoms with van der Waals surface area (Å²) >= 11 is 0. The Morgan fingerprint density at radius 2 is 0.905 bits per heavy atom. The molecule has 2 unspecified atom stereocenters. The van der Waals surface area contributed by atoms with Gasteiger partial charge in [-0.3, -0.25) is 39.0 Å². The van der Waals surface area contributed by atoms with Crippen molar-refractivity contribution in [1.29, 1.82) is 0 Å². The Morgan fingerprint density at radius 3 is 1.46 bits per heavy atom. The van der Waals surface area contributed by atoms with Crippen LogP contribution in [-0.2, 0) is 0 Å². The van der Waals surface area contributed by atoms with Crippen LogP contribution in [0.1, 0.15) is 5.56 Å². The predicted molar refractivity (Wildman–Crippen MR) is 249 cm³/mol. The molecule has 9 heterocycles. The molecule has 0 radical (unpaired) electrons. The molecule has 2 aliphatic heterocycles. The van der Waals surface area contributed by atoms with Gasteiger partial charge in [-0.1, -0.05) is 60.7 Å². The van der Waals surface area contributed by atoms with E-state index in [2.05, 4.69) is 99.0 Å². The molecule has 0 saturated carbocycles. The van der Waals surface area contributed by atoms with Gasteiger partial charge in [-0.2, -0.15) is 0 Å². The first-order valence-electron chi connectivity index (χ1n) is 20.7. The number of hydrogen-bond donors (Lipinski definition) is 0. The SMILES string of the molecule is C1=CC2N=C(c3cc(-c4nc5cccnc5n4-c4cccc5cccnc45)cc(-c4nc5cccnc5n4-c4cccc5cccnc45)c3)N(c3cccc4cccnc34)C2N=C1. The molecule has 63 heavy (non-hydrogen) atoms. The normalized spacial score (nSPS) is 15.9. The molecule has 7 aromatic heterocycles. The van der Waals surface area contributed by atoms with Gasteiger partial charge in [0.2, 0.25) is 0 Å². The van der Waals surface area contributed by atoms with E-state index in [4.69, 9.17) is 44.9 Å². The van der Waals surface area contributed by atoms with Crippen molar-refractivity contribution in [2.75, 3.05) is 4.90 Å². The Bertz CT molecular complexity index is 3560. The maximum atomic E-state index is 5.46. The third-order valence-electron chi connectivity index (χ3n) is 11.8. The van der Waals surface area contributed by atoms with Crippen molar-refractivity contribution in [3.05, 3.63) is 182 Å². The fourth-order valence-electron chi connectivity index (χ4n) is 9.12. The Morgan fingerprint density at radius 1 is 0.444 bits per heavy atom. The lowest BCUT2D eigenvalue weighted by molar-refractivity contribution is 0.659. The summed E-state index contributed by atoms with van der Waals surface area (Å²) in [6.45, 7) is 0. The average Bonchev–Trinajstić information content (AvgIpc) is 4.06. The molecule has 13 rings (SSSR count). The van der Waals surface area contributed by atoms with Crippen LogP contribution in [0.3, 0.4) is 0 Å². The Labute approximate surface area is 359 Å². The van der Waals surface area contributed by atoms with Gasteiger partial charge in [0.25, 0.3) is 0 Å². The number of amidine groups is 1. The predicted octanol–water partition coefficient (Wildman–Crippen LogP) is 9.74. The monoisotopic (exact) mass is 812 g/mol. The van der Waals surface area contributed by atoms with Crippen LogP contribution in [0.25, 0.3) is 89.2 Å². The Balaban J connectivity index is 1.12. The smallest absolute Gasteiger partial charge is 0.165 e. The molecule has 0 saturated heterocycles. The number of imidazole rings is 2. The van der Waals surface area contributed by atoms with E-state index in [1.54, 1.807) is 12.4 Å². The van der Waals surface area contributed by atoms with Crippen LogP contribution in [-0.4, -0.2) is 68.3 Å². The van der Waals surface area contributed by atoms with Crippen molar-refractivity contribution in [2.45, 2.75) is 12.2 Å². The summed E-state index contributed by atoms with van der Waals surface area (Å²) in [7, 11) is 0. The zero-order chi connectivity index (χ0) is 41.4. The molecule has 11 aromatic rings. The minimum Gasteiger partial charge on any atom is -0.299 e. The van der Waals surface area contributed by atoms with Gasteiger partial charge in [0.05, 0.1) is 33.6 Å². The van der Waals surface area contributed by atoms with E-state index in [0.29, 0.717) is 22.9 Å². The summed E-state index contributed by atoms with van der Waals surface area (Å²) in [5.41, 5.74) is 10.6. The number of pyridine rings is 5. The topological polar surface area (TPSA) is 128 Å². The third-order valence-corrected chi connectivity index (χ3v) is 11.8. The van der Waals surface area contributed by atoms with Crippen molar-refractivity contribution in [1.82, 2.24) is 44.0 Å². The van der Waals surface area contributed by atoms with Gasteiger partial charge < -0.3 is 0 Å². The lowest BCUT2D eigenvalue weighted by atomic mass is 10.0. The number of rotatable bonds is 6. The highest BCUT2D eigenvalue weighted by atomic mass is 15.4. The lowest BCUT2D eigenvalue weighted by Gasteiger charge is -2.29. The Kier molecular flexibility index (Phi) is 7.73. The maximum Gasteiger partial charge on any atom is 0.165 e. The molecular weight excluding hydrogens is 781 g/mol. The number of nitrogens with zero attached hydrogens (tertiary/aromatic N) is 12. The van der Waals surface area contributed by atoms with Crippen LogP contribution < -0.4 is 4.90 Å². The van der Waals surface area contributed by atoms with Crippen LogP contribution >= 0.6 is 0 Å². The van der Waals surface area contributed by atoms with Crippen LogP contribution in [0.2, 0.25) is 0 Å². The molecule has 0 amide bonds. The summed E-state index contributed by atoms with van der Waals surface area (Å²) in [5, 5.41) is 3.04. The largest absolute Gasteiger partial charge is 0.299 e. The molecule has 12 nitrogen and oxygen atoms in total. The van der Waals surface area contributed by atoms with Crippen LogP contribution in [0, 0.1) is 0 Å². The standard InChI is InChI=1S/C51H32N12/c1-10-31-13-4-22-52-43(31)40(19-1)61-46(58-37-16-7-25-55-49(37)61)34-28-35(47-59-38-17-8-26-56-50(38)62(47)41-20-2-11-32-14-5-23-53-44(32)41)30-36(29-34)48-60-39-18-9-27-57-51(39)63(48)42-21-3-12-33-15-6-24-54-45(33)42/h1-30,37,49H. The fourth-order valence-corrected chi connectivity index (χ4v) is 9.12. The number of aliphatic imine (C=N–C) groups is 2. The summed E-state index contributed by atoms with van der Waals surface area (Å²) < 4.78 is 4.23. The number of para-hydroxylation sites is 3. The van der Waals surface area contributed by atoms with E-state index in [9.17, 15) is 0 Å². The van der Waals surface area contributed by atoms with Gasteiger partial charge in [0, 0.05) is 70.0 Å². The van der Waals surface area contributed by atoms with E-state index in [-0.39, 0.29) is 12.2 Å². The minimum atomic E-state index is -0.323. The second-order valence-corrected chi connectivity index (χ2v) is 15.5. The van der Waals surface area contributed by atoms with E-state index in [0.717, 1.165) is 83.3 Å². The number of fused-ring (bicyclic) bond motifs is 6. The molecule has 2 atom stereocenters. The average molecular weight is 813 g/mol. The number of aromatic nitrogens is 9. The number of allylic oxidation sites excluding steroid dienone is 1. The van der Waals surface area contributed by atoms with Gasteiger partial charge in [0.15, 0.2) is 17.5 Å². The van der Waals surface area contributed by atoms with E-state index in [1.807, 2.05) is 85.5 Å². The molecule has 0 fully saturated rings. The van der Waals surface area contributed by atoms with Crippen LogP contribution in [0.4, 0.5) is 5.69 Å². The molecule has 12 heteroatoms. The number of hydrogen-bond acceptors (Lipinski definition) is 10. The molecule has 0 aliphatic carbocycles. The van der Waals surface area contributed by atoms with Gasteiger partial charge in [0.1, 0.15) is 34.6 Å². The second-order valence-electron chi connectivity index (χ2n) is 15.5. The van der Waals surface area contributed by atoms with Crippen LogP contribution in [0.5, 0.6) is 0 Å². The van der Waals surface area contributed by atoms with Crippen molar-refractivity contribution < 1.29 is 0 Å². The first-order chi connectivity index (χ1) is 31.2. The summed E-state index contributed by atoms with van der Waals surface area (Å²) in [6, 6.07) is 44.8. The first kappa shape index (κ1) is 35.0. The van der Waals surface area contributed by atoms with Gasteiger partial charge >= 0.3 is 0 Å². The maximum absolute atomic E-state index is 5.46. The Hall–Kier alpha value is -8.77. The fraction of sp³-hybridized carbons (Fsp3) is 0.0392. The van der Waals surface area contributed by atoms with Crippen molar-refractivity contribution in [2.24, 2.45) is 9.98 Å². The quantitative estimate of drug-likeness (QED) is 0.162. The second kappa shape index (κ2) is 13.9. The zero-order valence-corrected chi connectivity index (χ0v) is 33.3. The molecule has 0 N–H and O–H groups in total. The van der Waals surface area contributed by atoms with Gasteiger partial charge in [-0.05, 0) is 84.9 Å². The highest BCUT2D eigenvalue weighted by Gasteiger charge is 2.38. The minimum absolute atomic E-state index is 0.234. The van der Waals surface area contributed by atoms with Crippen molar-refractivity contribution in [3.8, 4) is 34.2 Å². The van der Waals surface area contributed by atoms with Gasteiger partial charge in [-0.15, -0.1) is 0 Å². The number of anilines is 1. The molecule has 296 valence electrons. The summed E-state index contributed by atoms with van der Waals surface area (Å²) in [5.74, 6) is 2.12. The third kappa shape index (κ3) is 5.51. The van der Waals surface area contributed by atoms with E-state index >= 15 is 0 Å². The highest BCUT2D eigenvalue weighted by molar-refractivity contribution is 6.16. The molecular formula is C51H32N12. The number of dihydropyridines is 1. The van der Waals surface area contributed by atoms with E-state index < -0.39 is 0 Å². The summed E-state index contributed by atoms with van der Waals surface area (Å²) in [4.78, 5) is 47.9. The van der Waals surface area contributed by atoms with Crippen molar-refractivity contribution >= 4 is 72.8 Å². The molecule has 0 bridgehead atoms. The highest BCUT2D eigenvalue weighted by Crippen LogP contribution is 2.40. The number of benzene rings is 4. The van der Waals surface area contributed by atoms with E-state index in [1.165, 1.54) is 0 Å². The first-order valence-corrected chi connectivity index (χ1v) is 20.7. The molecule has 0 spiro atoms. The van der Waals surface area contributed by atoms with Gasteiger partial charge in [-0.25, -0.2) is 19.9 Å².